The van der Waals surface area contributed by atoms with Crippen molar-refractivity contribution in [2.45, 2.75) is 6.36 Å². The van der Waals surface area contributed by atoms with Crippen molar-refractivity contribution in [1.29, 1.82) is 0 Å². The number of halogens is 5. The molecule has 11 heteroatoms. The summed E-state index contributed by atoms with van der Waals surface area (Å²) in [7, 11) is 0. The first-order valence-electron chi connectivity index (χ1n) is 8.13. The Morgan fingerprint density at radius 2 is 1.70 bits per heavy atom. The van der Waals surface area contributed by atoms with Crippen molar-refractivity contribution in [3.63, 3.8) is 0 Å². The van der Waals surface area contributed by atoms with Crippen LogP contribution in [-0.4, -0.2) is 17.3 Å². The summed E-state index contributed by atoms with van der Waals surface area (Å²) >= 11 is 0. The molecule has 0 radical (unpaired) electrons. The van der Waals surface area contributed by atoms with Gasteiger partial charge in [0.25, 0.3) is 5.91 Å². The van der Waals surface area contributed by atoms with Crippen LogP contribution in [0.1, 0.15) is 10.4 Å². The molecule has 0 saturated heterocycles. The highest BCUT2D eigenvalue weighted by Crippen LogP contribution is 2.33. The maximum atomic E-state index is 13.9. The summed E-state index contributed by atoms with van der Waals surface area (Å²) in [6.07, 6.45) is -3.78. The molecule has 0 aliphatic heterocycles. The Bertz CT molecular complexity index is 1140. The molecular weight excluding hydrogens is 415 g/mol. The van der Waals surface area contributed by atoms with Crippen LogP contribution in [0, 0.1) is 11.6 Å². The fourth-order valence-corrected chi connectivity index (χ4v) is 2.37. The number of carbonyl (C=O) groups is 1. The van der Waals surface area contributed by atoms with Crippen LogP contribution in [0.3, 0.4) is 0 Å². The van der Waals surface area contributed by atoms with Crippen LogP contribution in [-0.2, 0) is 0 Å². The van der Waals surface area contributed by atoms with E-state index >= 15 is 0 Å². The summed E-state index contributed by atoms with van der Waals surface area (Å²) in [6, 6.07) is 7.28. The van der Waals surface area contributed by atoms with Gasteiger partial charge in [0.05, 0.1) is 5.56 Å². The zero-order chi connectivity index (χ0) is 21.9. The minimum Gasteiger partial charge on any atom is -0.453 e. The molecular formula is C19H11F5N2O4. The monoisotopic (exact) mass is 426 g/mol. The van der Waals surface area contributed by atoms with Crippen molar-refractivity contribution in [1.82, 2.24) is 4.98 Å². The van der Waals surface area contributed by atoms with Crippen LogP contribution in [0.5, 0.6) is 17.2 Å². The van der Waals surface area contributed by atoms with Gasteiger partial charge in [0, 0.05) is 24.0 Å². The van der Waals surface area contributed by atoms with E-state index in [1.807, 2.05) is 0 Å². The number of rotatable bonds is 5. The van der Waals surface area contributed by atoms with Crippen LogP contribution >= 0.6 is 0 Å². The molecule has 0 unspecified atom stereocenters. The standard InChI is InChI=1S/C19H11F5N2O4/c20-10-1-3-16(14(21)7-10)29-15-4-2-12(30-19(22,23)24)9-13(15)18(28)26-11-5-6-25-17(27)8-11/h1-9H,(H2,25,26,27,28). The number of H-pyrrole nitrogens is 1. The summed E-state index contributed by atoms with van der Waals surface area (Å²) in [5, 5.41) is 2.31. The second-order valence-electron chi connectivity index (χ2n) is 5.78. The van der Waals surface area contributed by atoms with Crippen molar-refractivity contribution >= 4 is 11.6 Å². The number of anilines is 1. The normalized spacial score (nSPS) is 11.1. The Kier molecular flexibility index (Phi) is 5.72. The highest BCUT2D eigenvalue weighted by Gasteiger charge is 2.31. The van der Waals surface area contributed by atoms with Gasteiger partial charge in [-0.2, -0.15) is 0 Å². The number of benzene rings is 2. The Hall–Kier alpha value is -3.89. The third-order valence-corrected chi connectivity index (χ3v) is 3.58. The topological polar surface area (TPSA) is 80.4 Å². The number of hydrogen-bond acceptors (Lipinski definition) is 4. The van der Waals surface area contributed by atoms with E-state index in [9.17, 15) is 31.5 Å². The summed E-state index contributed by atoms with van der Waals surface area (Å²) in [5.41, 5.74) is -0.947. The molecule has 0 aliphatic carbocycles. The minimum atomic E-state index is -5.02. The van der Waals surface area contributed by atoms with Crippen LogP contribution in [0.15, 0.2) is 59.5 Å². The highest BCUT2D eigenvalue weighted by atomic mass is 19.4. The van der Waals surface area contributed by atoms with E-state index in [4.69, 9.17) is 4.74 Å². The quantitative estimate of drug-likeness (QED) is 0.585. The number of ether oxygens (including phenoxy) is 2. The second kappa shape index (κ2) is 8.23. The van der Waals surface area contributed by atoms with Gasteiger partial charge < -0.3 is 19.8 Å². The second-order valence-corrected chi connectivity index (χ2v) is 5.78. The molecule has 2 aromatic carbocycles. The Morgan fingerprint density at radius 1 is 0.967 bits per heavy atom. The average Bonchev–Trinajstić information content (AvgIpc) is 2.64. The number of carbonyl (C=O) groups excluding carboxylic acids is 1. The average molecular weight is 426 g/mol. The van der Waals surface area contributed by atoms with E-state index in [1.54, 1.807) is 0 Å². The molecule has 3 rings (SSSR count). The van der Waals surface area contributed by atoms with E-state index in [1.165, 1.54) is 12.3 Å². The van der Waals surface area contributed by atoms with E-state index in [0.717, 1.165) is 36.4 Å². The molecule has 1 aromatic heterocycles. The lowest BCUT2D eigenvalue weighted by atomic mass is 10.1. The predicted octanol–water partition coefficient (Wildman–Crippen LogP) is 4.60. The summed E-state index contributed by atoms with van der Waals surface area (Å²) in [5.74, 6) is -4.47. The van der Waals surface area contributed by atoms with E-state index in [2.05, 4.69) is 15.0 Å². The highest BCUT2D eigenvalue weighted by molar-refractivity contribution is 6.06. The summed E-state index contributed by atoms with van der Waals surface area (Å²) in [4.78, 5) is 26.3. The first-order valence-corrected chi connectivity index (χ1v) is 8.13. The van der Waals surface area contributed by atoms with E-state index < -0.39 is 46.5 Å². The van der Waals surface area contributed by atoms with E-state index in [-0.39, 0.29) is 11.4 Å². The molecule has 30 heavy (non-hydrogen) atoms. The zero-order valence-corrected chi connectivity index (χ0v) is 14.7. The number of alkyl halides is 3. The molecule has 2 N–H and O–H groups in total. The van der Waals surface area contributed by atoms with Crippen LogP contribution < -0.4 is 20.3 Å². The van der Waals surface area contributed by atoms with Crippen molar-refractivity contribution in [2.24, 2.45) is 0 Å². The fourth-order valence-electron chi connectivity index (χ4n) is 2.37. The Morgan fingerprint density at radius 3 is 2.37 bits per heavy atom. The van der Waals surface area contributed by atoms with Crippen molar-refractivity contribution < 1.29 is 36.2 Å². The number of pyridine rings is 1. The number of hydrogen-bond donors (Lipinski definition) is 2. The molecule has 3 aromatic rings. The Labute approximate surface area is 164 Å². The molecule has 156 valence electrons. The SMILES string of the molecule is O=C(Nc1cc[nH]c(=O)c1)c1cc(OC(F)(F)F)ccc1Oc1ccc(F)cc1F. The lowest BCUT2D eigenvalue weighted by molar-refractivity contribution is -0.274. The maximum absolute atomic E-state index is 13.9. The molecule has 1 amide bonds. The van der Waals surface area contributed by atoms with Gasteiger partial charge in [-0.1, -0.05) is 0 Å². The van der Waals surface area contributed by atoms with Gasteiger partial charge in [-0.3, -0.25) is 9.59 Å². The van der Waals surface area contributed by atoms with Crippen molar-refractivity contribution in [3.8, 4) is 17.2 Å². The summed E-state index contributed by atoms with van der Waals surface area (Å²) < 4.78 is 73.6. The molecule has 0 fully saturated rings. The number of amides is 1. The van der Waals surface area contributed by atoms with Crippen LogP contribution in [0.2, 0.25) is 0 Å². The lowest BCUT2D eigenvalue weighted by Gasteiger charge is -2.15. The van der Waals surface area contributed by atoms with Gasteiger partial charge in [0.15, 0.2) is 11.6 Å². The first kappa shape index (κ1) is 20.8. The molecule has 0 saturated carbocycles. The third kappa shape index (κ3) is 5.34. The Balaban J connectivity index is 1.98. The number of aromatic amines is 1. The summed E-state index contributed by atoms with van der Waals surface area (Å²) in [6.45, 7) is 0. The van der Waals surface area contributed by atoms with E-state index in [0.29, 0.717) is 6.07 Å². The predicted molar refractivity (Wildman–Crippen MR) is 94.6 cm³/mol. The van der Waals surface area contributed by atoms with Gasteiger partial charge >= 0.3 is 6.36 Å². The third-order valence-electron chi connectivity index (χ3n) is 3.58. The van der Waals surface area contributed by atoms with Crippen LogP contribution in [0.4, 0.5) is 27.6 Å². The van der Waals surface area contributed by atoms with Gasteiger partial charge in [-0.25, -0.2) is 8.78 Å². The number of aromatic nitrogens is 1. The fraction of sp³-hybridized carbons (Fsp3) is 0.0526. The van der Waals surface area contributed by atoms with Crippen molar-refractivity contribution in [3.05, 3.63) is 82.3 Å². The molecule has 0 aliphatic rings. The molecule has 0 spiro atoms. The smallest absolute Gasteiger partial charge is 0.453 e. The van der Waals surface area contributed by atoms with Gasteiger partial charge in [0.1, 0.15) is 17.3 Å². The minimum absolute atomic E-state index is 0.0461. The molecule has 0 bridgehead atoms. The van der Waals surface area contributed by atoms with Crippen LogP contribution in [0.25, 0.3) is 0 Å². The van der Waals surface area contributed by atoms with Gasteiger partial charge in [0.2, 0.25) is 5.56 Å². The maximum Gasteiger partial charge on any atom is 0.573 e. The van der Waals surface area contributed by atoms with Crippen molar-refractivity contribution in [2.75, 3.05) is 5.32 Å². The number of nitrogens with one attached hydrogen (secondary N) is 2. The van der Waals surface area contributed by atoms with Gasteiger partial charge in [-0.05, 0) is 36.4 Å². The largest absolute Gasteiger partial charge is 0.573 e. The molecule has 1 heterocycles. The lowest BCUT2D eigenvalue weighted by Crippen LogP contribution is -2.19. The first-order chi connectivity index (χ1) is 14.1. The zero-order valence-electron chi connectivity index (χ0n) is 14.7. The van der Waals surface area contributed by atoms with Gasteiger partial charge in [-0.15, -0.1) is 13.2 Å². The molecule has 6 nitrogen and oxygen atoms in total. The molecule has 0 atom stereocenters.